The number of carbonyl (C=O) groups excluding carboxylic acids is 2. The number of ether oxygens (including phenoxy) is 2. The highest BCUT2D eigenvalue weighted by Crippen LogP contribution is 2.34. The lowest BCUT2D eigenvalue weighted by atomic mass is 10.0. The lowest BCUT2D eigenvalue weighted by Gasteiger charge is -2.34. The van der Waals surface area contributed by atoms with E-state index in [1.807, 2.05) is 61.5 Å². The van der Waals surface area contributed by atoms with Crippen LogP contribution in [0.25, 0.3) is 0 Å². The van der Waals surface area contributed by atoms with Crippen LogP contribution in [0, 0.1) is 6.92 Å². The van der Waals surface area contributed by atoms with Crippen LogP contribution in [0.2, 0.25) is 0 Å². The van der Waals surface area contributed by atoms with Gasteiger partial charge in [-0.2, -0.15) is 0 Å². The first kappa shape index (κ1) is 31.9. The number of nitrogens with zero attached hydrogens (tertiary/aromatic N) is 2. The molecule has 1 saturated carbocycles. The van der Waals surface area contributed by atoms with Crippen molar-refractivity contribution in [2.24, 2.45) is 0 Å². The van der Waals surface area contributed by atoms with Crippen molar-refractivity contribution in [1.82, 2.24) is 10.2 Å². The van der Waals surface area contributed by atoms with Crippen LogP contribution >= 0.6 is 0 Å². The number of nitrogens with one attached hydrogen (secondary N) is 1. The molecular formula is C33H41N3O6S. The molecule has 1 unspecified atom stereocenters. The molecule has 0 aliphatic heterocycles. The number of rotatable bonds is 13. The lowest BCUT2D eigenvalue weighted by molar-refractivity contribution is -0.140. The van der Waals surface area contributed by atoms with Crippen molar-refractivity contribution in [1.29, 1.82) is 0 Å². The SMILES string of the molecule is COc1ccc(N(CC(=O)N(Cc2cccc(C)c2)C(Cc2ccccc2)C(=O)NC2CCCC2)S(C)(=O)=O)c(OC)c1. The minimum Gasteiger partial charge on any atom is -0.497 e. The van der Waals surface area contributed by atoms with Crippen molar-refractivity contribution in [3.05, 3.63) is 89.5 Å². The Morgan fingerprint density at radius 1 is 0.930 bits per heavy atom. The summed E-state index contributed by atoms with van der Waals surface area (Å²) in [6, 6.07) is 21.2. The number of benzene rings is 3. The third kappa shape index (κ3) is 8.50. The van der Waals surface area contributed by atoms with Crippen LogP contribution in [0.1, 0.15) is 42.4 Å². The zero-order chi connectivity index (χ0) is 31.0. The Balaban J connectivity index is 1.75. The Kier molecular flexibility index (Phi) is 10.7. The first-order chi connectivity index (χ1) is 20.6. The van der Waals surface area contributed by atoms with E-state index in [-0.39, 0.29) is 36.4 Å². The third-order valence-corrected chi connectivity index (χ3v) is 8.87. The molecule has 9 nitrogen and oxygen atoms in total. The summed E-state index contributed by atoms with van der Waals surface area (Å²) >= 11 is 0. The number of carbonyl (C=O) groups is 2. The van der Waals surface area contributed by atoms with Gasteiger partial charge in [-0.3, -0.25) is 13.9 Å². The van der Waals surface area contributed by atoms with Gasteiger partial charge in [-0.1, -0.05) is 73.0 Å². The summed E-state index contributed by atoms with van der Waals surface area (Å²) in [5, 5.41) is 3.18. The Bertz CT molecular complexity index is 1510. The quantitative estimate of drug-likeness (QED) is 0.307. The molecule has 0 spiro atoms. The lowest BCUT2D eigenvalue weighted by Crippen LogP contribution is -2.54. The summed E-state index contributed by atoms with van der Waals surface area (Å²) in [5.41, 5.74) is 2.95. The average Bonchev–Trinajstić information content (AvgIpc) is 3.50. The Labute approximate surface area is 254 Å². The van der Waals surface area contributed by atoms with Gasteiger partial charge in [0.05, 0.1) is 26.2 Å². The molecule has 2 amide bonds. The molecule has 1 fully saturated rings. The van der Waals surface area contributed by atoms with Crippen LogP contribution in [-0.2, 0) is 32.6 Å². The first-order valence-corrected chi connectivity index (χ1v) is 16.3. The molecule has 1 atom stereocenters. The second kappa shape index (κ2) is 14.4. The molecule has 4 rings (SSSR count). The van der Waals surface area contributed by atoms with E-state index in [9.17, 15) is 18.0 Å². The molecular weight excluding hydrogens is 566 g/mol. The van der Waals surface area contributed by atoms with E-state index in [1.165, 1.54) is 19.1 Å². The molecule has 43 heavy (non-hydrogen) atoms. The highest BCUT2D eigenvalue weighted by atomic mass is 32.2. The zero-order valence-corrected chi connectivity index (χ0v) is 26.1. The molecule has 1 aliphatic carbocycles. The van der Waals surface area contributed by atoms with E-state index in [0.29, 0.717) is 5.75 Å². The number of aryl methyl sites for hydroxylation is 1. The number of hydrogen-bond acceptors (Lipinski definition) is 6. The molecule has 0 saturated heterocycles. The van der Waals surface area contributed by atoms with E-state index in [4.69, 9.17) is 9.47 Å². The number of anilines is 1. The van der Waals surface area contributed by atoms with Crippen molar-refractivity contribution in [2.45, 2.75) is 57.7 Å². The first-order valence-electron chi connectivity index (χ1n) is 14.5. The van der Waals surface area contributed by atoms with Crippen molar-refractivity contribution in [3.63, 3.8) is 0 Å². The molecule has 230 valence electrons. The third-order valence-electron chi connectivity index (χ3n) is 7.74. The van der Waals surface area contributed by atoms with Crippen LogP contribution in [0.3, 0.4) is 0 Å². The standard InChI is InChI=1S/C33H41N3O6S/c1-24-11-10-14-26(19-24)22-35(30(20-25-12-6-5-7-13-25)33(38)34-27-15-8-9-16-27)32(37)23-36(43(4,39)40)29-18-17-28(41-2)21-31(29)42-3/h5-7,10-14,17-19,21,27,30H,8-9,15-16,20,22-23H2,1-4H3,(H,34,38). The number of sulfonamides is 1. The summed E-state index contributed by atoms with van der Waals surface area (Å²) in [4.78, 5) is 29.8. The van der Waals surface area contributed by atoms with Gasteiger partial charge in [0.15, 0.2) is 0 Å². The van der Waals surface area contributed by atoms with Gasteiger partial charge in [-0.15, -0.1) is 0 Å². The molecule has 0 heterocycles. The number of methoxy groups -OCH3 is 2. The Hall–Kier alpha value is -4.05. The van der Waals surface area contributed by atoms with Crippen molar-refractivity contribution in [2.75, 3.05) is 31.3 Å². The van der Waals surface area contributed by atoms with Gasteiger partial charge in [0.25, 0.3) is 0 Å². The topological polar surface area (TPSA) is 105 Å². The van der Waals surface area contributed by atoms with E-state index < -0.39 is 28.5 Å². The van der Waals surface area contributed by atoms with Crippen LogP contribution < -0.4 is 19.1 Å². The molecule has 0 bridgehead atoms. The molecule has 0 aromatic heterocycles. The maximum absolute atomic E-state index is 14.3. The molecule has 0 radical (unpaired) electrons. The second-order valence-corrected chi connectivity index (χ2v) is 12.9. The summed E-state index contributed by atoms with van der Waals surface area (Å²) in [7, 11) is -1.01. The maximum atomic E-state index is 14.3. The van der Waals surface area contributed by atoms with Gasteiger partial charge < -0.3 is 19.7 Å². The number of hydrogen-bond donors (Lipinski definition) is 1. The largest absolute Gasteiger partial charge is 0.497 e. The summed E-state index contributed by atoms with van der Waals surface area (Å²) in [6.45, 7) is 1.58. The van der Waals surface area contributed by atoms with Crippen molar-refractivity contribution < 1.29 is 27.5 Å². The highest BCUT2D eigenvalue weighted by Gasteiger charge is 2.35. The van der Waals surface area contributed by atoms with Gasteiger partial charge in [-0.05, 0) is 43.0 Å². The van der Waals surface area contributed by atoms with Crippen LogP contribution in [0.15, 0.2) is 72.8 Å². The molecule has 1 aliphatic rings. The number of amides is 2. The molecule has 10 heteroatoms. The minimum absolute atomic E-state index is 0.0535. The molecule has 1 N–H and O–H groups in total. The minimum atomic E-state index is -3.94. The summed E-state index contributed by atoms with van der Waals surface area (Å²) < 4.78 is 38.0. The maximum Gasteiger partial charge on any atom is 0.244 e. The van der Waals surface area contributed by atoms with Crippen LogP contribution in [0.4, 0.5) is 5.69 Å². The van der Waals surface area contributed by atoms with Gasteiger partial charge in [0, 0.05) is 25.1 Å². The Morgan fingerprint density at radius 2 is 1.63 bits per heavy atom. The normalized spacial score (nSPS) is 14.1. The fourth-order valence-electron chi connectivity index (χ4n) is 5.51. The van der Waals surface area contributed by atoms with Gasteiger partial charge >= 0.3 is 0 Å². The van der Waals surface area contributed by atoms with Crippen LogP contribution in [0.5, 0.6) is 11.5 Å². The monoisotopic (exact) mass is 607 g/mol. The summed E-state index contributed by atoms with van der Waals surface area (Å²) in [5.74, 6) is -0.0347. The fraction of sp³-hybridized carbons (Fsp3) is 0.394. The zero-order valence-electron chi connectivity index (χ0n) is 25.3. The average molecular weight is 608 g/mol. The van der Waals surface area contributed by atoms with E-state index in [0.717, 1.165) is 52.9 Å². The van der Waals surface area contributed by atoms with Gasteiger partial charge in [0.2, 0.25) is 21.8 Å². The van der Waals surface area contributed by atoms with Crippen molar-refractivity contribution in [3.8, 4) is 11.5 Å². The van der Waals surface area contributed by atoms with Crippen molar-refractivity contribution >= 4 is 27.5 Å². The fourth-order valence-corrected chi connectivity index (χ4v) is 6.37. The van der Waals surface area contributed by atoms with Gasteiger partial charge in [-0.25, -0.2) is 8.42 Å². The Morgan fingerprint density at radius 3 is 2.26 bits per heavy atom. The molecule has 3 aromatic carbocycles. The van der Waals surface area contributed by atoms with Gasteiger partial charge in [0.1, 0.15) is 24.1 Å². The molecule has 3 aromatic rings. The predicted octanol–water partition coefficient (Wildman–Crippen LogP) is 4.48. The smallest absolute Gasteiger partial charge is 0.244 e. The highest BCUT2D eigenvalue weighted by molar-refractivity contribution is 7.92. The van der Waals surface area contributed by atoms with E-state index >= 15 is 0 Å². The van der Waals surface area contributed by atoms with E-state index in [1.54, 1.807) is 18.2 Å². The summed E-state index contributed by atoms with van der Waals surface area (Å²) in [6.07, 6.45) is 5.22. The van der Waals surface area contributed by atoms with E-state index in [2.05, 4.69) is 5.32 Å². The van der Waals surface area contributed by atoms with Crippen LogP contribution in [-0.4, -0.2) is 64.2 Å². The predicted molar refractivity (Wildman–Crippen MR) is 168 cm³/mol. The second-order valence-electron chi connectivity index (χ2n) is 11.0.